The molecule has 1 atom stereocenters. The Labute approximate surface area is 103 Å². The van der Waals surface area contributed by atoms with Gasteiger partial charge in [-0.1, -0.05) is 6.07 Å². The van der Waals surface area contributed by atoms with Crippen LogP contribution >= 0.6 is 0 Å². The predicted molar refractivity (Wildman–Crippen MR) is 64.6 cm³/mol. The molecule has 1 heterocycles. The zero-order chi connectivity index (χ0) is 13.1. The van der Waals surface area contributed by atoms with Crippen molar-refractivity contribution in [2.45, 2.75) is 12.6 Å². The number of aliphatic hydroxyl groups excluding tert-OH is 1. The molecule has 0 aliphatic rings. The normalized spacial score (nSPS) is 12.8. The molecule has 6 nitrogen and oxygen atoms in total. The fourth-order valence-corrected chi connectivity index (χ4v) is 1.88. The number of aliphatic hydroxyl groups is 1. The van der Waals surface area contributed by atoms with E-state index in [1.165, 1.54) is 19.5 Å². The first-order chi connectivity index (χ1) is 8.63. The first-order valence-corrected chi connectivity index (χ1v) is 5.47. The number of methoxy groups -OCH3 is 1. The summed E-state index contributed by atoms with van der Waals surface area (Å²) in [7, 11) is 1.51. The lowest BCUT2D eigenvalue weighted by Gasteiger charge is -2.10. The summed E-state index contributed by atoms with van der Waals surface area (Å²) in [6.07, 6.45) is 0.872. The Morgan fingerprint density at radius 2 is 2.33 bits per heavy atom. The molecule has 0 spiro atoms. The summed E-state index contributed by atoms with van der Waals surface area (Å²) in [5, 5.41) is 18.7. The molecule has 0 bridgehead atoms. The molecule has 0 radical (unpaired) electrons. The standard InChI is InChI=1S/C12H14N2O4/c1-18-6-8(15)5-14-7-13-11-9(12(16)17)3-2-4-10(11)14/h2-4,7-8,15H,5-6H2,1H3,(H,16,17). The molecule has 0 saturated heterocycles. The Kier molecular flexibility index (Phi) is 3.59. The highest BCUT2D eigenvalue weighted by atomic mass is 16.5. The molecule has 0 aliphatic heterocycles. The summed E-state index contributed by atoms with van der Waals surface area (Å²) in [5.74, 6) is -1.01. The van der Waals surface area contributed by atoms with Crippen LogP contribution in [0.15, 0.2) is 24.5 Å². The van der Waals surface area contributed by atoms with Crippen molar-refractivity contribution in [1.29, 1.82) is 0 Å². The third kappa shape index (κ3) is 2.34. The van der Waals surface area contributed by atoms with Crippen LogP contribution in [0.2, 0.25) is 0 Å². The van der Waals surface area contributed by atoms with Gasteiger partial charge >= 0.3 is 5.97 Å². The number of benzene rings is 1. The summed E-state index contributed by atoms with van der Waals surface area (Å²) in [5.41, 5.74) is 1.27. The lowest BCUT2D eigenvalue weighted by molar-refractivity contribution is 0.0544. The molecule has 2 aromatic rings. The van der Waals surface area contributed by atoms with Crippen LogP contribution in [0.1, 0.15) is 10.4 Å². The van der Waals surface area contributed by atoms with E-state index in [-0.39, 0.29) is 12.2 Å². The van der Waals surface area contributed by atoms with Gasteiger partial charge in [0.2, 0.25) is 0 Å². The molecule has 1 aromatic heterocycles. The van der Waals surface area contributed by atoms with E-state index < -0.39 is 12.1 Å². The minimum atomic E-state index is -1.01. The number of aromatic nitrogens is 2. The van der Waals surface area contributed by atoms with Crippen LogP contribution in [-0.2, 0) is 11.3 Å². The van der Waals surface area contributed by atoms with Gasteiger partial charge in [0.05, 0.1) is 36.7 Å². The van der Waals surface area contributed by atoms with E-state index in [1.54, 1.807) is 16.7 Å². The van der Waals surface area contributed by atoms with E-state index in [1.807, 2.05) is 0 Å². The molecule has 6 heteroatoms. The number of para-hydroxylation sites is 1. The van der Waals surface area contributed by atoms with E-state index in [0.29, 0.717) is 17.6 Å². The molecule has 2 N–H and O–H groups in total. The fourth-order valence-electron chi connectivity index (χ4n) is 1.88. The molecule has 0 aliphatic carbocycles. The van der Waals surface area contributed by atoms with Crippen molar-refractivity contribution < 1.29 is 19.7 Å². The number of fused-ring (bicyclic) bond motifs is 1. The number of carboxylic acid groups (broad SMARTS) is 1. The molecule has 0 amide bonds. The first-order valence-electron chi connectivity index (χ1n) is 5.47. The minimum absolute atomic E-state index is 0.160. The zero-order valence-corrected chi connectivity index (χ0v) is 9.91. The highest BCUT2D eigenvalue weighted by Crippen LogP contribution is 2.17. The van der Waals surface area contributed by atoms with E-state index in [0.717, 1.165) is 0 Å². The number of carboxylic acids is 1. The molecular weight excluding hydrogens is 236 g/mol. The molecule has 0 fully saturated rings. The highest BCUT2D eigenvalue weighted by Gasteiger charge is 2.13. The number of rotatable bonds is 5. The van der Waals surface area contributed by atoms with Gasteiger partial charge < -0.3 is 19.5 Å². The molecule has 1 aromatic carbocycles. The van der Waals surface area contributed by atoms with E-state index in [4.69, 9.17) is 9.84 Å². The second-order valence-electron chi connectivity index (χ2n) is 3.98. The monoisotopic (exact) mass is 250 g/mol. The van der Waals surface area contributed by atoms with Gasteiger partial charge in [0.25, 0.3) is 0 Å². The number of imidazole rings is 1. The Balaban J connectivity index is 2.37. The van der Waals surface area contributed by atoms with Crippen LogP contribution in [0.5, 0.6) is 0 Å². The van der Waals surface area contributed by atoms with Crippen LogP contribution < -0.4 is 0 Å². The third-order valence-electron chi connectivity index (χ3n) is 2.65. The number of aromatic carboxylic acids is 1. The van der Waals surface area contributed by atoms with Crippen molar-refractivity contribution in [3.8, 4) is 0 Å². The Bertz CT molecular complexity index is 564. The number of carbonyl (C=O) groups is 1. The third-order valence-corrected chi connectivity index (χ3v) is 2.65. The van der Waals surface area contributed by atoms with Gasteiger partial charge in [-0.2, -0.15) is 0 Å². The maximum Gasteiger partial charge on any atom is 0.337 e. The van der Waals surface area contributed by atoms with Crippen LogP contribution in [0.4, 0.5) is 0 Å². The number of hydrogen-bond acceptors (Lipinski definition) is 4. The number of hydrogen-bond donors (Lipinski definition) is 2. The second kappa shape index (κ2) is 5.16. The molecule has 1 unspecified atom stereocenters. The zero-order valence-electron chi connectivity index (χ0n) is 9.91. The summed E-state index contributed by atoms with van der Waals surface area (Å²) < 4.78 is 6.56. The maximum atomic E-state index is 11.0. The summed E-state index contributed by atoms with van der Waals surface area (Å²) in [6.45, 7) is 0.533. The van der Waals surface area contributed by atoms with E-state index >= 15 is 0 Å². The van der Waals surface area contributed by atoms with Crippen molar-refractivity contribution in [3.05, 3.63) is 30.1 Å². The molecule has 96 valence electrons. The van der Waals surface area contributed by atoms with Crippen molar-refractivity contribution in [1.82, 2.24) is 9.55 Å². The highest BCUT2D eigenvalue weighted by molar-refractivity contribution is 6.00. The average molecular weight is 250 g/mol. The summed E-state index contributed by atoms with van der Waals surface area (Å²) in [4.78, 5) is 15.1. The Morgan fingerprint density at radius 3 is 3.00 bits per heavy atom. The van der Waals surface area contributed by atoms with E-state index in [9.17, 15) is 9.90 Å². The van der Waals surface area contributed by atoms with Crippen molar-refractivity contribution in [3.63, 3.8) is 0 Å². The molecule has 0 saturated carbocycles. The smallest absolute Gasteiger partial charge is 0.337 e. The van der Waals surface area contributed by atoms with Gasteiger partial charge in [-0.25, -0.2) is 9.78 Å². The van der Waals surface area contributed by atoms with Gasteiger partial charge in [0.1, 0.15) is 5.52 Å². The lowest BCUT2D eigenvalue weighted by Crippen LogP contribution is -2.20. The van der Waals surface area contributed by atoms with Gasteiger partial charge in [-0.3, -0.25) is 0 Å². The van der Waals surface area contributed by atoms with Crippen LogP contribution in [-0.4, -0.2) is 45.6 Å². The summed E-state index contributed by atoms with van der Waals surface area (Å²) in [6, 6.07) is 4.94. The summed E-state index contributed by atoms with van der Waals surface area (Å²) >= 11 is 0. The van der Waals surface area contributed by atoms with Crippen LogP contribution in [0.3, 0.4) is 0 Å². The molecular formula is C12H14N2O4. The molecule has 2 rings (SSSR count). The SMILES string of the molecule is COCC(O)Cn1cnc2c(C(=O)O)cccc21. The fraction of sp³-hybridized carbons (Fsp3) is 0.333. The maximum absolute atomic E-state index is 11.0. The average Bonchev–Trinajstić information content (AvgIpc) is 2.72. The Hall–Kier alpha value is -1.92. The first kappa shape index (κ1) is 12.5. The van der Waals surface area contributed by atoms with Crippen LogP contribution in [0, 0.1) is 0 Å². The topological polar surface area (TPSA) is 84.6 Å². The Morgan fingerprint density at radius 1 is 1.56 bits per heavy atom. The predicted octanol–water partition coefficient (Wildman–Crippen LogP) is 0.742. The molecule has 18 heavy (non-hydrogen) atoms. The lowest BCUT2D eigenvalue weighted by atomic mass is 10.2. The van der Waals surface area contributed by atoms with Crippen LogP contribution in [0.25, 0.3) is 11.0 Å². The van der Waals surface area contributed by atoms with E-state index in [2.05, 4.69) is 4.98 Å². The van der Waals surface area contributed by atoms with Crippen molar-refractivity contribution in [2.75, 3.05) is 13.7 Å². The van der Waals surface area contributed by atoms with Crippen molar-refractivity contribution >= 4 is 17.0 Å². The quantitative estimate of drug-likeness (QED) is 0.817. The minimum Gasteiger partial charge on any atom is -0.478 e. The number of nitrogens with zero attached hydrogens (tertiary/aromatic N) is 2. The van der Waals surface area contributed by atoms with Gasteiger partial charge in [-0.15, -0.1) is 0 Å². The number of ether oxygens (including phenoxy) is 1. The van der Waals surface area contributed by atoms with Gasteiger partial charge in [0, 0.05) is 7.11 Å². The largest absolute Gasteiger partial charge is 0.478 e. The second-order valence-corrected chi connectivity index (χ2v) is 3.98. The van der Waals surface area contributed by atoms with Gasteiger partial charge in [0.15, 0.2) is 0 Å². The van der Waals surface area contributed by atoms with Crippen molar-refractivity contribution in [2.24, 2.45) is 0 Å². The van der Waals surface area contributed by atoms with Gasteiger partial charge in [-0.05, 0) is 12.1 Å².